The van der Waals surface area contributed by atoms with E-state index >= 15 is 0 Å². The largest absolute Gasteiger partial charge is 0.496 e. The number of ether oxygens (including phenoxy) is 1. The Kier molecular flexibility index (Phi) is 5.99. The van der Waals surface area contributed by atoms with Gasteiger partial charge in [-0.3, -0.25) is 4.68 Å². The molecule has 7 nitrogen and oxygen atoms in total. The molecule has 1 aromatic heterocycles. The van der Waals surface area contributed by atoms with Crippen molar-refractivity contribution < 1.29 is 14.6 Å². The molecule has 0 radical (unpaired) electrons. The van der Waals surface area contributed by atoms with Gasteiger partial charge in [-0.2, -0.15) is 5.10 Å². The van der Waals surface area contributed by atoms with Crippen molar-refractivity contribution in [2.75, 3.05) is 20.2 Å². The van der Waals surface area contributed by atoms with Crippen LogP contribution in [0.3, 0.4) is 0 Å². The van der Waals surface area contributed by atoms with Crippen molar-refractivity contribution in [3.05, 3.63) is 47.8 Å². The first-order chi connectivity index (χ1) is 11.1. The van der Waals surface area contributed by atoms with E-state index < -0.39 is 6.10 Å². The van der Waals surface area contributed by atoms with Crippen LogP contribution in [0.25, 0.3) is 0 Å². The molecule has 0 saturated carbocycles. The zero-order chi connectivity index (χ0) is 16.7. The number of carbonyl (C=O) groups excluding carboxylic acids is 1. The van der Waals surface area contributed by atoms with E-state index in [1.54, 1.807) is 30.1 Å². The summed E-state index contributed by atoms with van der Waals surface area (Å²) < 4.78 is 6.91. The molecule has 0 aliphatic rings. The van der Waals surface area contributed by atoms with Crippen molar-refractivity contribution in [2.45, 2.75) is 12.5 Å². The van der Waals surface area contributed by atoms with Gasteiger partial charge >= 0.3 is 6.03 Å². The first kappa shape index (κ1) is 16.8. The van der Waals surface area contributed by atoms with Crippen molar-refractivity contribution in [2.24, 2.45) is 7.05 Å². The highest BCUT2D eigenvalue weighted by Gasteiger charge is 2.13. The molecule has 0 aliphatic heterocycles. The molecular weight excluding hydrogens is 296 g/mol. The van der Waals surface area contributed by atoms with E-state index in [1.165, 1.54) is 0 Å². The molecule has 0 aliphatic carbocycles. The van der Waals surface area contributed by atoms with Gasteiger partial charge in [0.1, 0.15) is 5.75 Å². The summed E-state index contributed by atoms with van der Waals surface area (Å²) in [6, 6.07) is 6.86. The molecule has 0 unspecified atom stereocenters. The Balaban J connectivity index is 1.73. The van der Waals surface area contributed by atoms with Gasteiger partial charge < -0.3 is 20.5 Å². The van der Waals surface area contributed by atoms with Crippen molar-refractivity contribution >= 4 is 6.03 Å². The molecule has 124 valence electrons. The fourth-order valence-electron chi connectivity index (χ4n) is 2.22. The van der Waals surface area contributed by atoms with Crippen LogP contribution in [-0.4, -0.2) is 41.1 Å². The lowest BCUT2D eigenvalue weighted by Gasteiger charge is -2.15. The maximum atomic E-state index is 11.7. The number of para-hydroxylation sites is 1. The van der Waals surface area contributed by atoms with Gasteiger partial charge in [-0.1, -0.05) is 18.2 Å². The number of carbonyl (C=O) groups is 1. The number of nitrogens with one attached hydrogen (secondary N) is 2. The van der Waals surface area contributed by atoms with E-state index in [0.717, 1.165) is 5.56 Å². The molecule has 1 heterocycles. The first-order valence-electron chi connectivity index (χ1n) is 7.40. The topological polar surface area (TPSA) is 88.4 Å². The quantitative estimate of drug-likeness (QED) is 0.711. The zero-order valence-electron chi connectivity index (χ0n) is 13.3. The van der Waals surface area contributed by atoms with E-state index in [9.17, 15) is 9.90 Å². The molecule has 0 saturated heterocycles. The van der Waals surface area contributed by atoms with Gasteiger partial charge in [0, 0.05) is 31.9 Å². The summed E-state index contributed by atoms with van der Waals surface area (Å²) in [6.45, 7) is 0.612. The van der Waals surface area contributed by atoms with Crippen molar-refractivity contribution in [3.8, 4) is 5.75 Å². The van der Waals surface area contributed by atoms with Gasteiger partial charge in [0.05, 0.1) is 19.4 Å². The second kappa shape index (κ2) is 8.19. The summed E-state index contributed by atoms with van der Waals surface area (Å²) in [4.78, 5) is 11.7. The normalized spacial score (nSPS) is 11.8. The van der Waals surface area contributed by atoms with Crippen molar-refractivity contribution in [1.82, 2.24) is 20.4 Å². The minimum atomic E-state index is -0.824. The Morgan fingerprint density at radius 1 is 1.39 bits per heavy atom. The van der Waals surface area contributed by atoms with Gasteiger partial charge in [0.15, 0.2) is 0 Å². The van der Waals surface area contributed by atoms with E-state index in [4.69, 9.17) is 4.74 Å². The number of aliphatic hydroxyl groups excluding tert-OH is 1. The molecule has 0 bridgehead atoms. The van der Waals surface area contributed by atoms with Crippen molar-refractivity contribution in [3.63, 3.8) is 0 Å². The molecule has 1 atom stereocenters. The molecule has 2 rings (SSSR count). The monoisotopic (exact) mass is 318 g/mol. The molecule has 23 heavy (non-hydrogen) atoms. The number of aromatic nitrogens is 2. The standard InChI is InChI=1S/C16H22N4O3/c1-20-11-12(9-19-20)7-8-17-16(22)18-10-14(21)13-5-3-4-6-15(13)23-2/h3-6,9,11,14,21H,7-8,10H2,1-2H3,(H2,17,18,22)/t14-/m0/s1. The Bertz CT molecular complexity index is 642. The number of nitrogens with zero attached hydrogens (tertiary/aromatic N) is 2. The fourth-order valence-corrected chi connectivity index (χ4v) is 2.22. The number of hydrogen-bond donors (Lipinski definition) is 3. The summed E-state index contributed by atoms with van der Waals surface area (Å²) in [6.07, 6.45) is 3.56. The Morgan fingerprint density at radius 2 is 2.17 bits per heavy atom. The van der Waals surface area contributed by atoms with E-state index in [-0.39, 0.29) is 12.6 Å². The summed E-state index contributed by atoms with van der Waals surface area (Å²) in [5.41, 5.74) is 1.70. The summed E-state index contributed by atoms with van der Waals surface area (Å²) in [5.74, 6) is 0.596. The molecule has 2 amide bonds. The lowest BCUT2D eigenvalue weighted by molar-refractivity contribution is 0.169. The van der Waals surface area contributed by atoms with Crippen LogP contribution < -0.4 is 15.4 Å². The lowest BCUT2D eigenvalue weighted by Crippen LogP contribution is -2.38. The number of aliphatic hydroxyl groups is 1. The summed E-state index contributed by atoms with van der Waals surface area (Å²) >= 11 is 0. The van der Waals surface area contributed by atoms with Gasteiger partial charge in [-0.25, -0.2) is 4.79 Å². The maximum absolute atomic E-state index is 11.7. The highest BCUT2D eigenvalue weighted by Crippen LogP contribution is 2.23. The number of amides is 2. The van der Waals surface area contributed by atoms with Crippen LogP contribution in [0.5, 0.6) is 5.75 Å². The van der Waals surface area contributed by atoms with Crippen LogP contribution in [0.4, 0.5) is 4.79 Å². The Morgan fingerprint density at radius 3 is 2.87 bits per heavy atom. The minimum Gasteiger partial charge on any atom is -0.496 e. The molecule has 0 fully saturated rings. The summed E-state index contributed by atoms with van der Waals surface area (Å²) in [7, 11) is 3.40. The third kappa shape index (κ3) is 5.00. The predicted molar refractivity (Wildman–Crippen MR) is 86.3 cm³/mol. The van der Waals surface area contributed by atoms with Crippen LogP contribution in [0, 0.1) is 0 Å². The molecule has 0 spiro atoms. The predicted octanol–water partition coefficient (Wildman–Crippen LogP) is 1.00. The molecule has 2 aromatic rings. The average Bonchev–Trinajstić information content (AvgIpc) is 2.98. The number of benzene rings is 1. The second-order valence-electron chi connectivity index (χ2n) is 5.17. The van der Waals surface area contributed by atoms with Crippen LogP contribution >= 0.6 is 0 Å². The third-order valence-corrected chi connectivity index (χ3v) is 3.41. The molecule has 3 N–H and O–H groups in total. The van der Waals surface area contributed by atoms with Crippen LogP contribution in [-0.2, 0) is 13.5 Å². The van der Waals surface area contributed by atoms with E-state index in [2.05, 4.69) is 15.7 Å². The Hall–Kier alpha value is -2.54. The SMILES string of the molecule is COc1ccccc1[C@@H](O)CNC(=O)NCCc1cnn(C)c1. The number of hydrogen-bond acceptors (Lipinski definition) is 4. The van der Waals surface area contributed by atoms with E-state index in [1.807, 2.05) is 25.4 Å². The number of aryl methyl sites for hydroxylation is 1. The van der Waals surface area contributed by atoms with Crippen LogP contribution in [0.15, 0.2) is 36.7 Å². The van der Waals surface area contributed by atoms with Crippen molar-refractivity contribution in [1.29, 1.82) is 0 Å². The Labute approximate surface area is 135 Å². The second-order valence-corrected chi connectivity index (χ2v) is 5.17. The molecule has 7 heteroatoms. The minimum absolute atomic E-state index is 0.110. The smallest absolute Gasteiger partial charge is 0.314 e. The fraction of sp³-hybridized carbons (Fsp3) is 0.375. The van der Waals surface area contributed by atoms with Crippen LogP contribution in [0.2, 0.25) is 0 Å². The van der Waals surface area contributed by atoms with E-state index in [0.29, 0.717) is 24.3 Å². The number of urea groups is 1. The summed E-state index contributed by atoms with van der Waals surface area (Å²) in [5, 5.41) is 19.6. The van der Waals surface area contributed by atoms with Gasteiger partial charge in [0.25, 0.3) is 0 Å². The third-order valence-electron chi connectivity index (χ3n) is 3.41. The highest BCUT2D eigenvalue weighted by molar-refractivity contribution is 5.73. The van der Waals surface area contributed by atoms with Crippen LogP contribution in [0.1, 0.15) is 17.2 Å². The highest BCUT2D eigenvalue weighted by atomic mass is 16.5. The maximum Gasteiger partial charge on any atom is 0.314 e. The lowest BCUT2D eigenvalue weighted by atomic mass is 10.1. The zero-order valence-corrected chi connectivity index (χ0v) is 13.3. The average molecular weight is 318 g/mol. The first-order valence-corrected chi connectivity index (χ1v) is 7.40. The van der Waals surface area contributed by atoms with Gasteiger partial charge in [-0.15, -0.1) is 0 Å². The number of rotatable bonds is 7. The molecular formula is C16H22N4O3. The van der Waals surface area contributed by atoms with Gasteiger partial charge in [0.2, 0.25) is 0 Å². The molecule has 1 aromatic carbocycles. The van der Waals surface area contributed by atoms with Gasteiger partial charge in [-0.05, 0) is 18.1 Å². The number of methoxy groups -OCH3 is 1.